The van der Waals surface area contributed by atoms with Gasteiger partial charge in [0.1, 0.15) is 11.9 Å². The molecule has 2 unspecified atom stereocenters. The number of piperidine rings is 1. The summed E-state index contributed by atoms with van der Waals surface area (Å²) < 4.78 is 0. The van der Waals surface area contributed by atoms with Crippen molar-refractivity contribution in [2.45, 2.75) is 38.3 Å². The molecule has 0 bridgehead atoms. The van der Waals surface area contributed by atoms with Crippen LogP contribution in [0.25, 0.3) is 11.3 Å². The van der Waals surface area contributed by atoms with E-state index in [0.29, 0.717) is 18.8 Å². The van der Waals surface area contributed by atoms with Crippen LogP contribution in [0.2, 0.25) is 0 Å². The number of amides is 2. The van der Waals surface area contributed by atoms with Crippen molar-refractivity contribution >= 4 is 11.8 Å². The van der Waals surface area contributed by atoms with Crippen molar-refractivity contribution in [3.05, 3.63) is 78.2 Å². The molecule has 0 radical (unpaired) electrons. The van der Waals surface area contributed by atoms with Crippen LogP contribution in [-0.4, -0.2) is 33.2 Å². The number of aromatic amines is 1. The summed E-state index contributed by atoms with van der Waals surface area (Å²) in [6.45, 7) is 2.49. The molecule has 0 aliphatic carbocycles. The van der Waals surface area contributed by atoms with Crippen molar-refractivity contribution in [2.24, 2.45) is 0 Å². The fraction of sp³-hybridized carbons (Fsp3) is 0.292. The van der Waals surface area contributed by atoms with E-state index in [-0.39, 0.29) is 17.9 Å². The highest BCUT2D eigenvalue weighted by molar-refractivity contribution is 5.89. The highest BCUT2D eigenvalue weighted by Gasteiger charge is 2.33. The maximum absolute atomic E-state index is 13.3. The fourth-order valence-electron chi connectivity index (χ4n) is 3.89. The zero-order valence-corrected chi connectivity index (χ0v) is 17.0. The predicted molar refractivity (Wildman–Crippen MR) is 115 cm³/mol. The number of nitrogens with zero attached hydrogens (tertiary/aromatic N) is 2. The number of benzene rings is 2. The number of nitrogens with one attached hydrogen (secondary N) is 2. The van der Waals surface area contributed by atoms with Gasteiger partial charge in [0.25, 0.3) is 0 Å². The zero-order chi connectivity index (χ0) is 20.9. The molecule has 3 aromatic rings. The Morgan fingerprint density at radius 1 is 1.07 bits per heavy atom. The van der Waals surface area contributed by atoms with Crippen molar-refractivity contribution < 1.29 is 9.59 Å². The number of hydrogen-bond acceptors (Lipinski definition) is 3. The number of rotatable bonds is 6. The Labute approximate surface area is 176 Å². The molecule has 6 heteroatoms. The number of likely N-dealkylation sites (tertiary alicyclic amines) is 1. The molecule has 2 atom stereocenters. The first-order valence-electron chi connectivity index (χ1n) is 10.4. The SMILES string of the molecule is CC(NC(=O)C(c1ccccc1)N1CCCCC1=O)c1ncc(-c2ccccc2)[nH]1. The number of H-pyrrole nitrogens is 1. The molecule has 1 saturated heterocycles. The number of hydrogen-bond donors (Lipinski definition) is 2. The van der Waals surface area contributed by atoms with Crippen LogP contribution in [0.3, 0.4) is 0 Å². The van der Waals surface area contributed by atoms with Gasteiger partial charge in [-0.1, -0.05) is 60.7 Å². The molecule has 1 aliphatic rings. The van der Waals surface area contributed by atoms with Crippen LogP contribution in [0.1, 0.15) is 49.7 Å². The van der Waals surface area contributed by atoms with Gasteiger partial charge in [0, 0.05) is 13.0 Å². The van der Waals surface area contributed by atoms with Crippen molar-refractivity contribution in [3.8, 4) is 11.3 Å². The Kier molecular flexibility index (Phi) is 5.93. The Hall–Kier alpha value is -3.41. The average molecular weight is 402 g/mol. The van der Waals surface area contributed by atoms with Gasteiger partial charge in [-0.25, -0.2) is 4.98 Å². The highest BCUT2D eigenvalue weighted by atomic mass is 16.2. The van der Waals surface area contributed by atoms with E-state index >= 15 is 0 Å². The second-order valence-electron chi connectivity index (χ2n) is 7.64. The monoisotopic (exact) mass is 402 g/mol. The minimum Gasteiger partial charge on any atom is -0.344 e. The lowest BCUT2D eigenvalue weighted by Gasteiger charge is -2.34. The smallest absolute Gasteiger partial charge is 0.248 e. The van der Waals surface area contributed by atoms with Gasteiger partial charge in [-0.2, -0.15) is 0 Å². The molecular weight excluding hydrogens is 376 g/mol. The Balaban J connectivity index is 1.54. The van der Waals surface area contributed by atoms with Crippen LogP contribution >= 0.6 is 0 Å². The van der Waals surface area contributed by atoms with Gasteiger partial charge in [-0.3, -0.25) is 9.59 Å². The van der Waals surface area contributed by atoms with E-state index in [4.69, 9.17) is 0 Å². The van der Waals surface area contributed by atoms with Gasteiger partial charge in [0.15, 0.2) is 0 Å². The van der Waals surface area contributed by atoms with Gasteiger partial charge < -0.3 is 15.2 Å². The van der Waals surface area contributed by atoms with E-state index in [1.54, 1.807) is 11.1 Å². The number of carbonyl (C=O) groups excluding carboxylic acids is 2. The third-order valence-corrected chi connectivity index (χ3v) is 5.48. The quantitative estimate of drug-likeness (QED) is 0.654. The van der Waals surface area contributed by atoms with Crippen LogP contribution in [0, 0.1) is 0 Å². The summed E-state index contributed by atoms with van der Waals surface area (Å²) in [6.07, 6.45) is 4.06. The lowest BCUT2D eigenvalue weighted by Crippen LogP contribution is -2.46. The van der Waals surface area contributed by atoms with E-state index in [2.05, 4.69) is 15.3 Å². The number of aromatic nitrogens is 2. The Morgan fingerprint density at radius 2 is 1.77 bits per heavy atom. The predicted octanol–water partition coefficient (Wildman–Crippen LogP) is 4.01. The second-order valence-corrected chi connectivity index (χ2v) is 7.64. The molecule has 1 aliphatic heterocycles. The van der Waals surface area contributed by atoms with E-state index in [0.717, 1.165) is 29.7 Å². The number of carbonyl (C=O) groups is 2. The molecule has 2 N–H and O–H groups in total. The van der Waals surface area contributed by atoms with E-state index in [1.807, 2.05) is 67.6 Å². The maximum atomic E-state index is 13.3. The maximum Gasteiger partial charge on any atom is 0.248 e. The van der Waals surface area contributed by atoms with Crippen LogP contribution in [0.5, 0.6) is 0 Å². The van der Waals surface area contributed by atoms with Gasteiger partial charge in [-0.15, -0.1) is 0 Å². The fourth-order valence-corrected chi connectivity index (χ4v) is 3.89. The molecule has 154 valence electrons. The Bertz CT molecular complexity index is 1000. The standard InChI is InChI=1S/C24H26N4O2/c1-17(23-25-16-20(27-23)18-10-4-2-5-11-18)26-24(30)22(19-12-6-3-7-13-19)28-15-9-8-14-21(28)29/h2-7,10-13,16-17,22H,8-9,14-15H2,1H3,(H,25,27)(H,26,30). The zero-order valence-electron chi connectivity index (χ0n) is 17.0. The topological polar surface area (TPSA) is 78.1 Å². The summed E-state index contributed by atoms with van der Waals surface area (Å²) in [6, 6.07) is 18.5. The summed E-state index contributed by atoms with van der Waals surface area (Å²) in [4.78, 5) is 35.3. The second kappa shape index (κ2) is 8.95. The summed E-state index contributed by atoms with van der Waals surface area (Å²) in [5.74, 6) is 0.517. The largest absolute Gasteiger partial charge is 0.344 e. The van der Waals surface area contributed by atoms with Gasteiger partial charge >= 0.3 is 0 Å². The van der Waals surface area contributed by atoms with Crippen LogP contribution in [0.4, 0.5) is 0 Å². The van der Waals surface area contributed by atoms with Crippen molar-refractivity contribution in [2.75, 3.05) is 6.54 Å². The average Bonchev–Trinajstić information content (AvgIpc) is 3.27. The molecule has 2 amide bonds. The minimum atomic E-state index is -0.634. The van der Waals surface area contributed by atoms with Gasteiger partial charge in [0.05, 0.1) is 17.9 Å². The summed E-state index contributed by atoms with van der Waals surface area (Å²) in [5, 5.41) is 3.05. The molecule has 30 heavy (non-hydrogen) atoms. The molecule has 1 aromatic heterocycles. The van der Waals surface area contributed by atoms with Gasteiger partial charge in [-0.05, 0) is 30.9 Å². The summed E-state index contributed by atoms with van der Waals surface area (Å²) >= 11 is 0. The molecule has 1 fully saturated rings. The molecule has 2 aromatic carbocycles. The van der Waals surface area contributed by atoms with E-state index in [1.165, 1.54) is 0 Å². The molecule has 4 rings (SSSR count). The molecule has 2 heterocycles. The van der Waals surface area contributed by atoms with E-state index < -0.39 is 6.04 Å². The first-order valence-corrected chi connectivity index (χ1v) is 10.4. The molecule has 0 saturated carbocycles. The first-order chi connectivity index (χ1) is 14.6. The highest BCUT2D eigenvalue weighted by Crippen LogP contribution is 2.27. The van der Waals surface area contributed by atoms with Crippen molar-refractivity contribution in [1.82, 2.24) is 20.2 Å². The van der Waals surface area contributed by atoms with E-state index in [9.17, 15) is 9.59 Å². The van der Waals surface area contributed by atoms with Crippen molar-refractivity contribution in [3.63, 3.8) is 0 Å². The molecular formula is C24H26N4O2. The normalized spacial score (nSPS) is 16.2. The third-order valence-electron chi connectivity index (χ3n) is 5.48. The lowest BCUT2D eigenvalue weighted by molar-refractivity contribution is -0.143. The molecule has 6 nitrogen and oxygen atoms in total. The summed E-state index contributed by atoms with van der Waals surface area (Å²) in [5.41, 5.74) is 2.76. The Morgan fingerprint density at radius 3 is 2.47 bits per heavy atom. The van der Waals surface area contributed by atoms with Gasteiger partial charge in [0.2, 0.25) is 11.8 Å². The third kappa shape index (κ3) is 4.27. The lowest BCUT2D eigenvalue weighted by atomic mass is 10.00. The van der Waals surface area contributed by atoms with Crippen molar-refractivity contribution in [1.29, 1.82) is 0 Å². The molecule has 0 spiro atoms. The minimum absolute atomic E-state index is 0.0299. The van der Waals surface area contributed by atoms with Crippen LogP contribution < -0.4 is 5.32 Å². The van der Waals surface area contributed by atoms with Crippen LogP contribution in [-0.2, 0) is 9.59 Å². The summed E-state index contributed by atoms with van der Waals surface area (Å²) in [7, 11) is 0. The first kappa shape index (κ1) is 19.9. The number of imidazole rings is 1. The van der Waals surface area contributed by atoms with Crippen LogP contribution in [0.15, 0.2) is 66.9 Å².